The minimum Gasteiger partial charge on any atom is -0.381 e. The first-order valence-electron chi connectivity index (χ1n) is 4.36. The predicted molar refractivity (Wildman–Crippen MR) is 47.2 cm³/mol. The number of nitrogens with zero attached hydrogens (tertiary/aromatic N) is 1. The average molecular weight is 163 g/mol. The molecule has 2 nitrogen and oxygen atoms in total. The molecule has 64 valence electrons. The van der Waals surface area contributed by atoms with Crippen molar-refractivity contribution in [1.29, 1.82) is 0 Å². The molecule has 0 spiro atoms. The molecule has 1 aromatic rings. The van der Waals surface area contributed by atoms with E-state index in [1.807, 2.05) is 13.1 Å². The first kappa shape index (κ1) is 7.74. The van der Waals surface area contributed by atoms with Crippen LogP contribution in [-0.2, 0) is 4.74 Å². The second kappa shape index (κ2) is 3.23. The summed E-state index contributed by atoms with van der Waals surface area (Å²) < 4.78 is 5.31. The number of ether oxygens (including phenoxy) is 1. The Kier molecular flexibility index (Phi) is 2.09. The minimum atomic E-state index is 0.582. The molecule has 0 saturated carbocycles. The third kappa shape index (κ3) is 1.48. The number of pyridine rings is 1. The fourth-order valence-electron chi connectivity index (χ4n) is 1.52. The van der Waals surface area contributed by atoms with Crippen LogP contribution in [-0.4, -0.2) is 18.2 Å². The molecule has 1 atom stereocenters. The van der Waals surface area contributed by atoms with E-state index < -0.39 is 0 Å². The lowest BCUT2D eigenvalue weighted by Gasteiger charge is -2.06. The van der Waals surface area contributed by atoms with Crippen molar-refractivity contribution in [1.82, 2.24) is 4.98 Å². The van der Waals surface area contributed by atoms with E-state index in [0.717, 1.165) is 25.3 Å². The number of hydrogen-bond acceptors (Lipinski definition) is 2. The molecule has 1 aliphatic heterocycles. The van der Waals surface area contributed by atoms with Crippen LogP contribution < -0.4 is 0 Å². The summed E-state index contributed by atoms with van der Waals surface area (Å²) in [5, 5.41) is 0. The molecule has 1 aliphatic rings. The van der Waals surface area contributed by atoms with E-state index in [2.05, 4.69) is 17.1 Å². The van der Waals surface area contributed by atoms with Crippen LogP contribution in [0.1, 0.15) is 23.6 Å². The topological polar surface area (TPSA) is 22.1 Å². The van der Waals surface area contributed by atoms with Crippen LogP contribution in [0.2, 0.25) is 0 Å². The van der Waals surface area contributed by atoms with E-state index in [1.165, 1.54) is 5.56 Å². The first-order valence-corrected chi connectivity index (χ1v) is 4.36. The van der Waals surface area contributed by atoms with E-state index >= 15 is 0 Å². The molecule has 0 radical (unpaired) electrons. The summed E-state index contributed by atoms with van der Waals surface area (Å²) in [6, 6.07) is 4.22. The van der Waals surface area contributed by atoms with Crippen molar-refractivity contribution in [2.45, 2.75) is 19.3 Å². The molecule has 2 heteroatoms. The summed E-state index contributed by atoms with van der Waals surface area (Å²) in [4.78, 5) is 4.27. The summed E-state index contributed by atoms with van der Waals surface area (Å²) in [7, 11) is 0. The molecular formula is C10H13NO. The van der Waals surface area contributed by atoms with Gasteiger partial charge in [-0.15, -0.1) is 0 Å². The third-order valence-corrected chi connectivity index (χ3v) is 2.34. The maximum Gasteiger partial charge on any atom is 0.0536 e. The van der Waals surface area contributed by atoms with Gasteiger partial charge in [0.15, 0.2) is 0 Å². The molecule has 2 rings (SSSR count). The molecule has 0 bridgehead atoms. The van der Waals surface area contributed by atoms with Gasteiger partial charge in [0.2, 0.25) is 0 Å². The van der Waals surface area contributed by atoms with Crippen LogP contribution in [0.4, 0.5) is 0 Å². The molecule has 12 heavy (non-hydrogen) atoms. The van der Waals surface area contributed by atoms with Gasteiger partial charge < -0.3 is 4.74 Å². The Labute approximate surface area is 72.6 Å². The van der Waals surface area contributed by atoms with Gasteiger partial charge in [-0.25, -0.2) is 0 Å². The molecule has 0 amide bonds. The van der Waals surface area contributed by atoms with Crippen molar-refractivity contribution in [3.05, 3.63) is 29.6 Å². The van der Waals surface area contributed by atoms with Crippen LogP contribution in [0, 0.1) is 6.92 Å². The highest BCUT2D eigenvalue weighted by Gasteiger charge is 2.17. The van der Waals surface area contributed by atoms with Gasteiger partial charge in [-0.05, 0) is 25.0 Å². The van der Waals surface area contributed by atoms with E-state index in [1.54, 1.807) is 0 Å². The Morgan fingerprint density at radius 2 is 2.42 bits per heavy atom. The van der Waals surface area contributed by atoms with Gasteiger partial charge in [-0.3, -0.25) is 4.98 Å². The maximum atomic E-state index is 5.31. The van der Waals surface area contributed by atoms with Crippen molar-refractivity contribution in [2.24, 2.45) is 0 Å². The molecule has 1 fully saturated rings. The average Bonchev–Trinajstić information content (AvgIpc) is 2.58. The molecular weight excluding hydrogens is 150 g/mol. The SMILES string of the molecule is Cc1ccc(C2CCOC2)cn1. The van der Waals surface area contributed by atoms with E-state index in [9.17, 15) is 0 Å². The van der Waals surface area contributed by atoms with E-state index in [4.69, 9.17) is 4.74 Å². The van der Waals surface area contributed by atoms with Crippen LogP contribution in [0.15, 0.2) is 18.3 Å². The van der Waals surface area contributed by atoms with Gasteiger partial charge in [0.05, 0.1) is 6.61 Å². The first-order chi connectivity index (χ1) is 5.86. The van der Waals surface area contributed by atoms with Crippen LogP contribution >= 0.6 is 0 Å². The quantitative estimate of drug-likeness (QED) is 0.630. The number of rotatable bonds is 1. The number of aryl methyl sites for hydroxylation is 1. The minimum absolute atomic E-state index is 0.582. The molecule has 0 aliphatic carbocycles. The second-order valence-corrected chi connectivity index (χ2v) is 3.29. The van der Waals surface area contributed by atoms with Gasteiger partial charge in [-0.2, -0.15) is 0 Å². The second-order valence-electron chi connectivity index (χ2n) is 3.29. The van der Waals surface area contributed by atoms with Gasteiger partial charge in [0.1, 0.15) is 0 Å². The summed E-state index contributed by atoms with van der Waals surface area (Å²) in [5.74, 6) is 0.582. The lowest BCUT2D eigenvalue weighted by Crippen LogP contribution is -1.98. The van der Waals surface area contributed by atoms with Crippen molar-refractivity contribution >= 4 is 0 Å². The molecule has 1 saturated heterocycles. The van der Waals surface area contributed by atoms with E-state index in [-0.39, 0.29) is 0 Å². The Hall–Kier alpha value is -0.890. The Morgan fingerprint density at radius 3 is 3.00 bits per heavy atom. The highest BCUT2D eigenvalue weighted by molar-refractivity contribution is 5.18. The summed E-state index contributed by atoms with van der Waals surface area (Å²) >= 11 is 0. The summed E-state index contributed by atoms with van der Waals surface area (Å²) in [6.07, 6.45) is 3.11. The number of aromatic nitrogens is 1. The zero-order valence-electron chi connectivity index (χ0n) is 7.29. The van der Waals surface area contributed by atoms with Crippen molar-refractivity contribution in [3.8, 4) is 0 Å². The maximum absolute atomic E-state index is 5.31. The lowest BCUT2D eigenvalue weighted by atomic mass is 10.0. The van der Waals surface area contributed by atoms with Gasteiger partial charge in [0, 0.05) is 24.4 Å². The van der Waals surface area contributed by atoms with Crippen molar-refractivity contribution in [2.75, 3.05) is 13.2 Å². The van der Waals surface area contributed by atoms with Gasteiger partial charge in [-0.1, -0.05) is 6.07 Å². The Bertz CT molecular complexity index is 249. The molecule has 2 heterocycles. The molecule has 0 N–H and O–H groups in total. The standard InChI is InChI=1S/C10H13NO/c1-8-2-3-9(6-11-8)10-4-5-12-7-10/h2-3,6,10H,4-5,7H2,1H3. The molecule has 1 aromatic heterocycles. The van der Waals surface area contributed by atoms with Gasteiger partial charge >= 0.3 is 0 Å². The highest BCUT2D eigenvalue weighted by Crippen LogP contribution is 2.24. The summed E-state index contributed by atoms with van der Waals surface area (Å²) in [5.41, 5.74) is 2.40. The zero-order chi connectivity index (χ0) is 8.39. The summed E-state index contributed by atoms with van der Waals surface area (Å²) in [6.45, 7) is 3.78. The predicted octanol–water partition coefficient (Wildman–Crippen LogP) is 1.89. The fourth-order valence-corrected chi connectivity index (χ4v) is 1.52. The fraction of sp³-hybridized carbons (Fsp3) is 0.500. The normalized spacial score (nSPS) is 22.9. The Morgan fingerprint density at radius 1 is 1.50 bits per heavy atom. The smallest absolute Gasteiger partial charge is 0.0536 e. The third-order valence-electron chi connectivity index (χ3n) is 2.34. The zero-order valence-corrected chi connectivity index (χ0v) is 7.29. The van der Waals surface area contributed by atoms with Crippen LogP contribution in [0.5, 0.6) is 0 Å². The lowest BCUT2D eigenvalue weighted by molar-refractivity contribution is 0.194. The largest absolute Gasteiger partial charge is 0.381 e. The van der Waals surface area contributed by atoms with Gasteiger partial charge in [0.25, 0.3) is 0 Å². The van der Waals surface area contributed by atoms with Crippen molar-refractivity contribution in [3.63, 3.8) is 0 Å². The Balaban J connectivity index is 2.17. The molecule has 0 aromatic carbocycles. The van der Waals surface area contributed by atoms with Crippen LogP contribution in [0.3, 0.4) is 0 Å². The number of hydrogen-bond donors (Lipinski definition) is 0. The van der Waals surface area contributed by atoms with E-state index in [0.29, 0.717) is 5.92 Å². The monoisotopic (exact) mass is 163 g/mol. The van der Waals surface area contributed by atoms with Crippen molar-refractivity contribution < 1.29 is 4.74 Å². The molecule has 1 unspecified atom stereocenters. The highest BCUT2D eigenvalue weighted by atomic mass is 16.5. The van der Waals surface area contributed by atoms with Crippen LogP contribution in [0.25, 0.3) is 0 Å².